The van der Waals surface area contributed by atoms with Crippen LogP contribution >= 0.6 is 0 Å². The van der Waals surface area contributed by atoms with Crippen LogP contribution < -0.4 is 11.1 Å². The van der Waals surface area contributed by atoms with Crippen molar-refractivity contribution < 1.29 is 19.5 Å². The summed E-state index contributed by atoms with van der Waals surface area (Å²) in [6.07, 6.45) is 2.71. The number of imide groups is 1. The third-order valence-electron chi connectivity index (χ3n) is 3.96. The molecule has 114 valence electrons. The molecule has 0 aliphatic carbocycles. The van der Waals surface area contributed by atoms with Crippen LogP contribution in [-0.2, 0) is 9.59 Å². The van der Waals surface area contributed by atoms with Crippen LogP contribution in [0.3, 0.4) is 0 Å². The Labute approximate surface area is 118 Å². The molecule has 0 aromatic rings. The molecule has 2 atom stereocenters. The summed E-state index contributed by atoms with van der Waals surface area (Å²) in [4.78, 5) is 35.9. The van der Waals surface area contributed by atoms with Crippen LogP contribution in [0.15, 0.2) is 0 Å². The highest BCUT2D eigenvalue weighted by Crippen LogP contribution is 2.35. The zero-order chi connectivity index (χ0) is 15.3. The van der Waals surface area contributed by atoms with Gasteiger partial charge < -0.3 is 10.8 Å². The molecule has 1 rings (SSSR count). The lowest BCUT2D eigenvalue weighted by molar-refractivity contribution is -0.155. The van der Waals surface area contributed by atoms with Gasteiger partial charge in [0.2, 0.25) is 5.91 Å². The molecule has 7 heteroatoms. The van der Waals surface area contributed by atoms with Crippen molar-refractivity contribution in [3.8, 4) is 0 Å². The Morgan fingerprint density at radius 2 is 2.10 bits per heavy atom. The SMILES string of the molecule is CCCC1(C(=O)O)CCCN(C(C)C(=O)NC(N)=O)C1. The Morgan fingerprint density at radius 1 is 1.45 bits per heavy atom. The van der Waals surface area contributed by atoms with E-state index in [1.165, 1.54) is 0 Å². The quantitative estimate of drug-likeness (QED) is 0.682. The number of nitrogens with one attached hydrogen (secondary N) is 1. The summed E-state index contributed by atoms with van der Waals surface area (Å²) in [5, 5.41) is 11.5. The predicted molar refractivity (Wildman–Crippen MR) is 73.0 cm³/mol. The summed E-state index contributed by atoms with van der Waals surface area (Å²) < 4.78 is 0. The molecule has 20 heavy (non-hydrogen) atoms. The Hall–Kier alpha value is -1.63. The first-order chi connectivity index (χ1) is 9.32. The summed E-state index contributed by atoms with van der Waals surface area (Å²) in [7, 11) is 0. The van der Waals surface area contributed by atoms with E-state index in [1.54, 1.807) is 6.92 Å². The maximum Gasteiger partial charge on any atom is 0.318 e. The minimum absolute atomic E-state index is 0.323. The summed E-state index contributed by atoms with van der Waals surface area (Å²) >= 11 is 0. The summed E-state index contributed by atoms with van der Waals surface area (Å²) in [6, 6.07) is -1.46. The topological polar surface area (TPSA) is 113 Å². The van der Waals surface area contributed by atoms with Gasteiger partial charge in [-0.3, -0.25) is 19.8 Å². The molecular weight excluding hydrogens is 262 g/mol. The number of piperidine rings is 1. The lowest BCUT2D eigenvalue weighted by Gasteiger charge is -2.42. The number of likely N-dealkylation sites (tertiary alicyclic amines) is 1. The number of carboxylic acid groups (broad SMARTS) is 1. The molecule has 0 radical (unpaired) electrons. The monoisotopic (exact) mass is 285 g/mol. The third-order valence-corrected chi connectivity index (χ3v) is 3.96. The number of primary amides is 1. The van der Waals surface area contributed by atoms with Crippen molar-refractivity contribution in [2.45, 2.75) is 45.6 Å². The van der Waals surface area contributed by atoms with Crippen LogP contribution in [0, 0.1) is 5.41 Å². The van der Waals surface area contributed by atoms with Crippen molar-refractivity contribution in [2.24, 2.45) is 11.1 Å². The van der Waals surface area contributed by atoms with Crippen LogP contribution in [0.1, 0.15) is 39.5 Å². The zero-order valence-corrected chi connectivity index (χ0v) is 12.0. The van der Waals surface area contributed by atoms with Crippen molar-refractivity contribution >= 4 is 17.9 Å². The van der Waals surface area contributed by atoms with Gasteiger partial charge in [0.25, 0.3) is 0 Å². The Morgan fingerprint density at radius 3 is 2.60 bits per heavy atom. The number of aliphatic carboxylic acids is 1. The van der Waals surface area contributed by atoms with E-state index in [-0.39, 0.29) is 0 Å². The van der Waals surface area contributed by atoms with E-state index in [4.69, 9.17) is 5.73 Å². The lowest BCUT2D eigenvalue weighted by atomic mass is 9.76. The number of rotatable bonds is 5. The fourth-order valence-corrected chi connectivity index (χ4v) is 2.85. The number of nitrogens with two attached hydrogens (primary N) is 1. The van der Waals surface area contributed by atoms with Crippen LogP contribution in [-0.4, -0.2) is 47.0 Å². The molecule has 0 saturated carbocycles. The smallest absolute Gasteiger partial charge is 0.318 e. The molecule has 4 N–H and O–H groups in total. The first-order valence-electron chi connectivity index (χ1n) is 6.90. The van der Waals surface area contributed by atoms with Gasteiger partial charge in [0.05, 0.1) is 11.5 Å². The number of urea groups is 1. The average molecular weight is 285 g/mol. The molecular formula is C13H23N3O4. The van der Waals surface area contributed by atoms with E-state index < -0.39 is 29.4 Å². The molecule has 0 aromatic heterocycles. The van der Waals surface area contributed by atoms with Gasteiger partial charge in [-0.1, -0.05) is 13.3 Å². The van der Waals surface area contributed by atoms with Gasteiger partial charge in [-0.2, -0.15) is 0 Å². The van der Waals surface area contributed by atoms with Crippen molar-refractivity contribution in [1.29, 1.82) is 0 Å². The molecule has 7 nitrogen and oxygen atoms in total. The van der Waals surface area contributed by atoms with Crippen molar-refractivity contribution in [1.82, 2.24) is 10.2 Å². The second kappa shape index (κ2) is 6.69. The second-order valence-electron chi connectivity index (χ2n) is 5.44. The zero-order valence-electron chi connectivity index (χ0n) is 12.0. The standard InChI is InChI=1S/C13H23N3O4/c1-3-5-13(11(18)19)6-4-7-16(8-13)9(2)10(17)15-12(14)20/h9H,3-8H2,1-2H3,(H,18,19)(H3,14,15,17,20). The van der Waals surface area contributed by atoms with Gasteiger partial charge >= 0.3 is 12.0 Å². The van der Waals surface area contributed by atoms with E-state index in [0.29, 0.717) is 25.9 Å². The van der Waals surface area contributed by atoms with Gasteiger partial charge in [-0.05, 0) is 32.7 Å². The van der Waals surface area contributed by atoms with E-state index in [1.807, 2.05) is 17.1 Å². The van der Waals surface area contributed by atoms with E-state index in [2.05, 4.69) is 0 Å². The average Bonchev–Trinajstić information content (AvgIpc) is 2.37. The maximum atomic E-state index is 11.8. The number of nitrogens with zero attached hydrogens (tertiary/aromatic N) is 1. The molecule has 0 spiro atoms. The van der Waals surface area contributed by atoms with Crippen molar-refractivity contribution in [3.63, 3.8) is 0 Å². The van der Waals surface area contributed by atoms with Crippen molar-refractivity contribution in [2.75, 3.05) is 13.1 Å². The summed E-state index contributed by atoms with van der Waals surface area (Å²) in [6.45, 7) is 4.57. The second-order valence-corrected chi connectivity index (χ2v) is 5.44. The largest absolute Gasteiger partial charge is 0.481 e. The van der Waals surface area contributed by atoms with Gasteiger partial charge in [0.15, 0.2) is 0 Å². The van der Waals surface area contributed by atoms with Crippen LogP contribution in [0.2, 0.25) is 0 Å². The highest BCUT2D eigenvalue weighted by atomic mass is 16.4. The van der Waals surface area contributed by atoms with E-state index in [0.717, 1.165) is 12.8 Å². The van der Waals surface area contributed by atoms with Crippen molar-refractivity contribution in [3.05, 3.63) is 0 Å². The fraction of sp³-hybridized carbons (Fsp3) is 0.769. The number of carbonyl (C=O) groups excluding carboxylic acids is 2. The fourth-order valence-electron chi connectivity index (χ4n) is 2.85. The minimum atomic E-state index is -0.892. The summed E-state index contributed by atoms with van der Waals surface area (Å²) in [5.74, 6) is -1.30. The Balaban J connectivity index is 2.79. The number of hydrogen-bond acceptors (Lipinski definition) is 4. The first-order valence-corrected chi connectivity index (χ1v) is 6.90. The van der Waals surface area contributed by atoms with Crippen LogP contribution in [0.5, 0.6) is 0 Å². The van der Waals surface area contributed by atoms with Gasteiger partial charge in [0, 0.05) is 6.54 Å². The molecule has 1 aliphatic heterocycles. The number of amides is 3. The minimum Gasteiger partial charge on any atom is -0.481 e. The Kier molecular flexibility index (Phi) is 5.50. The van der Waals surface area contributed by atoms with Crippen LogP contribution in [0.25, 0.3) is 0 Å². The van der Waals surface area contributed by atoms with Gasteiger partial charge in [0.1, 0.15) is 0 Å². The first kappa shape index (κ1) is 16.4. The molecule has 1 aliphatic rings. The van der Waals surface area contributed by atoms with Gasteiger partial charge in [-0.15, -0.1) is 0 Å². The van der Waals surface area contributed by atoms with E-state index >= 15 is 0 Å². The molecule has 1 heterocycles. The van der Waals surface area contributed by atoms with E-state index in [9.17, 15) is 19.5 Å². The summed E-state index contributed by atoms with van der Waals surface area (Å²) in [5.41, 5.74) is 4.13. The highest BCUT2D eigenvalue weighted by molar-refractivity contribution is 5.96. The number of carboxylic acids is 1. The molecule has 1 fully saturated rings. The molecule has 0 bridgehead atoms. The highest BCUT2D eigenvalue weighted by Gasteiger charge is 2.43. The number of hydrogen-bond donors (Lipinski definition) is 3. The molecule has 3 amide bonds. The normalized spacial score (nSPS) is 24.9. The Bertz CT molecular complexity index is 395. The lowest BCUT2D eigenvalue weighted by Crippen LogP contribution is -2.55. The third kappa shape index (κ3) is 3.69. The molecule has 1 saturated heterocycles. The maximum absolute atomic E-state index is 11.8. The van der Waals surface area contributed by atoms with Crippen LogP contribution in [0.4, 0.5) is 4.79 Å². The predicted octanol–water partition coefficient (Wildman–Crippen LogP) is 0.537. The molecule has 0 aromatic carbocycles. The molecule has 2 unspecified atom stereocenters. The van der Waals surface area contributed by atoms with Gasteiger partial charge in [-0.25, -0.2) is 4.79 Å². The number of carbonyl (C=O) groups is 3.